The van der Waals surface area contributed by atoms with Crippen molar-refractivity contribution < 1.29 is 14.3 Å². The van der Waals surface area contributed by atoms with Gasteiger partial charge in [-0.2, -0.15) is 0 Å². The Labute approximate surface area is 104 Å². The molecule has 2 amide bonds. The van der Waals surface area contributed by atoms with E-state index in [2.05, 4.69) is 5.32 Å². The van der Waals surface area contributed by atoms with Gasteiger partial charge in [0.25, 0.3) is 0 Å². The van der Waals surface area contributed by atoms with Crippen LogP contribution in [0.25, 0.3) is 0 Å². The topological polar surface area (TPSA) is 81.4 Å². The van der Waals surface area contributed by atoms with Crippen molar-refractivity contribution in [1.82, 2.24) is 0 Å². The monoisotopic (exact) mass is 256 g/mol. The summed E-state index contributed by atoms with van der Waals surface area (Å²) in [6, 6.07) is 4.88. The van der Waals surface area contributed by atoms with Crippen molar-refractivity contribution in [3.05, 3.63) is 23.2 Å². The molecule has 0 aliphatic rings. The van der Waals surface area contributed by atoms with Gasteiger partial charge in [0.2, 0.25) is 11.8 Å². The number of carbonyl (C=O) groups is 2. The number of hydrogen-bond acceptors (Lipinski definition) is 3. The maximum absolute atomic E-state index is 11.4. The number of carbonyl (C=O) groups excluding carboxylic acids is 2. The largest absolute Gasteiger partial charge is 0.495 e. The highest BCUT2D eigenvalue weighted by Gasteiger charge is 2.06. The molecule has 6 heteroatoms. The second-order valence-corrected chi connectivity index (χ2v) is 3.77. The Kier molecular flexibility index (Phi) is 4.78. The Bertz CT molecular complexity index is 435. The molecule has 0 aromatic heterocycles. The minimum atomic E-state index is -0.507. The van der Waals surface area contributed by atoms with Crippen LogP contribution >= 0.6 is 11.6 Å². The number of ether oxygens (including phenoxy) is 1. The smallest absolute Gasteiger partial charge is 0.224 e. The molecule has 0 unspecified atom stereocenters. The van der Waals surface area contributed by atoms with Gasteiger partial charge < -0.3 is 15.8 Å². The van der Waals surface area contributed by atoms with E-state index in [1.165, 1.54) is 7.11 Å². The maximum atomic E-state index is 11.4. The number of nitrogens with one attached hydrogen (secondary N) is 1. The summed E-state index contributed by atoms with van der Waals surface area (Å²) in [5.41, 5.74) is 5.49. The molecular weight excluding hydrogens is 244 g/mol. The number of rotatable bonds is 5. The summed E-state index contributed by atoms with van der Waals surface area (Å²) >= 11 is 5.89. The van der Waals surface area contributed by atoms with E-state index in [0.717, 1.165) is 0 Å². The van der Waals surface area contributed by atoms with Gasteiger partial charge in [-0.3, -0.25) is 9.59 Å². The van der Waals surface area contributed by atoms with Crippen molar-refractivity contribution in [2.24, 2.45) is 5.73 Å². The average Bonchev–Trinajstić information content (AvgIpc) is 2.26. The summed E-state index contributed by atoms with van der Waals surface area (Å²) in [4.78, 5) is 21.9. The van der Waals surface area contributed by atoms with Crippen molar-refractivity contribution in [3.63, 3.8) is 0 Å². The summed E-state index contributed by atoms with van der Waals surface area (Å²) in [7, 11) is 1.51. The summed E-state index contributed by atoms with van der Waals surface area (Å²) in [5.74, 6) is -0.264. The van der Waals surface area contributed by atoms with Gasteiger partial charge in [-0.25, -0.2) is 0 Å². The van der Waals surface area contributed by atoms with Gasteiger partial charge in [-0.1, -0.05) is 11.6 Å². The molecule has 1 rings (SSSR count). The van der Waals surface area contributed by atoms with E-state index in [-0.39, 0.29) is 18.7 Å². The van der Waals surface area contributed by atoms with Crippen LogP contribution in [0.15, 0.2) is 18.2 Å². The molecule has 1 aromatic rings. The van der Waals surface area contributed by atoms with E-state index >= 15 is 0 Å². The zero-order chi connectivity index (χ0) is 12.8. The van der Waals surface area contributed by atoms with Gasteiger partial charge in [0.05, 0.1) is 12.1 Å². The van der Waals surface area contributed by atoms with E-state index in [9.17, 15) is 9.59 Å². The lowest BCUT2D eigenvalue weighted by Crippen LogP contribution is -2.17. The van der Waals surface area contributed by atoms with Crippen LogP contribution in [0.1, 0.15) is 12.8 Å². The van der Waals surface area contributed by atoms with Crippen LogP contribution in [-0.4, -0.2) is 18.9 Å². The van der Waals surface area contributed by atoms with E-state index in [1.54, 1.807) is 18.2 Å². The first kappa shape index (κ1) is 13.3. The molecule has 0 heterocycles. The Hall–Kier alpha value is -1.75. The second kappa shape index (κ2) is 6.10. The number of halogens is 1. The highest BCUT2D eigenvalue weighted by molar-refractivity contribution is 6.32. The second-order valence-electron chi connectivity index (χ2n) is 3.36. The lowest BCUT2D eigenvalue weighted by Gasteiger charge is -2.07. The Morgan fingerprint density at radius 2 is 2.12 bits per heavy atom. The Morgan fingerprint density at radius 1 is 1.41 bits per heavy atom. The van der Waals surface area contributed by atoms with Crippen molar-refractivity contribution in [1.29, 1.82) is 0 Å². The molecule has 5 nitrogen and oxygen atoms in total. The maximum Gasteiger partial charge on any atom is 0.224 e. The van der Waals surface area contributed by atoms with Crippen LogP contribution in [0.4, 0.5) is 5.69 Å². The Balaban J connectivity index is 2.60. The standard InChI is InChI=1S/C11H13ClN2O3/c1-17-9-3-2-7(6-8(9)12)14-11(16)5-4-10(13)15/h2-3,6H,4-5H2,1H3,(H2,13,15)(H,14,16). The van der Waals surface area contributed by atoms with E-state index in [4.69, 9.17) is 22.1 Å². The van der Waals surface area contributed by atoms with Crippen LogP contribution in [0, 0.1) is 0 Å². The van der Waals surface area contributed by atoms with Crippen LogP contribution in [-0.2, 0) is 9.59 Å². The van der Waals surface area contributed by atoms with Crippen LogP contribution in [0.5, 0.6) is 5.75 Å². The molecule has 3 N–H and O–H groups in total. The molecule has 1 aromatic carbocycles. The molecule has 0 fully saturated rings. The van der Waals surface area contributed by atoms with E-state index in [0.29, 0.717) is 16.5 Å². The minimum absolute atomic E-state index is 0.0235. The summed E-state index contributed by atoms with van der Waals surface area (Å²) in [5, 5.41) is 3.01. The summed E-state index contributed by atoms with van der Waals surface area (Å²) in [6.07, 6.45) is 0.0781. The van der Waals surface area contributed by atoms with Crippen LogP contribution < -0.4 is 15.8 Å². The molecule has 0 spiro atoms. The van der Waals surface area contributed by atoms with Gasteiger partial charge in [0.1, 0.15) is 5.75 Å². The van der Waals surface area contributed by atoms with Crippen molar-refractivity contribution in [3.8, 4) is 5.75 Å². The summed E-state index contributed by atoms with van der Waals surface area (Å²) in [6.45, 7) is 0. The lowest BCUT2D eigenvalue weighted by atomic mass is 10.2. The number of hydrogen-bond donors (Lipinski definition) is 2. The number of amides is 2. The van der Waals surface area contributed by atoms with Crippen molar-refractivity contribution >= 4 is 29.1 Å². The highest BCUT2D eigenvalue weighted by atomic mass is 35.5. The fraction of sp³-hybridized carbons (Fsp3) is 0.273. The first-order chi connectivity index (χ1) is 8.02. The molecule has 0 radical (unpaired) electrons. The fourth-order valence-corrected chi connectivity index (χ4v) is 1.46. The molecule has 17 heavy (non-hydrogen) atoms. The lowest BCUT2D eigenvalue weighted by molar-refractivity contribution is -0.122. The SMILES string of the molecule is COc1ccc(NC(=O)CCC(N)=O)cc1Cl. The van der Waals surface area contributed by atoms with Crippen LogP contribution in [0.2, 0.25) is 5.02 Å². The highest BCUT2D eigenvalue weighted by Crippen LogP contribution is 2.27. The molecule has 0 atom stereocenters. The molecular formula is C11H13ClN2O3. The average molecular weight is 257 g/mol. The molecule has 0 aliphatic heterocycles. The number of primary amides is 1. The molecule has 0 saturated carbocycles. The number of nitrogens with two attached hydrogens (primary N) is 1. The first-order valence-corrected chi connectivity index (χ1v) is 5.32. The van der Waals surface area contributed by atoms with Crippen LogP contribution in [0.3, 0.4) is 0 Å². The number of anilines is 1. The fourth-order valence-electron chi connectivity index (χ4n) is 1.20. The third kappa shape index (κ3) is 4.32. The number of methoxy groups -OCH3 is 1. The minimum Gasteiger partial charge on any atom is -0.495 e. The van der Waals surface area contributed by atoms with Gasteiger partial charge >= 0.3 is 0 Å². The van der Waals surface area contributed by atoms with Gasteiger partial charge in [0.15, 0.2) is 0 Å². The van der Waals surface area contributed by atoms with Gasteiger partial charge in [0, 0.05) is 18.5 Å². The summed E-state index contributed by atoms with van der Waals surface area (Å²) < 4.78 is 4.98. The third-order valence-electron chi connectivity index (χ3n) is 2.03. The number of benzene rings is 1. The normalized spacial score (nSPS) is 9.76. The van der Waals surface area contributed by atoms with E-state index in [1.807, 2.05) is 0 Å². The van der Waals surface area contributed by atoms with Gasteiger partial charge in [-0.05, 0) is 18.2 Å². The zero-order valence-electron chi connectivity index (χ0n) is 9.33. The predicted octanol–water partition coefficient (Wildman–Crippen LogP) is 1.55. The van der Waals surface area contributed by atoms with Crippen molar-refractivity contribution in [2.75, 3.05) is 12.4 Å². The first-order valence-electron chi connectivity index (χ1n) is 4.94. The third-order valence-corrected chi connectivity index (χ3v) is 2.33. The van der Waals surface area contributed by atoms with Gasteiger partial charge in [-0.15, -0.1) is 0 Å². The van der Waals surface area contributed by atoms with E-state index < -0.39 is 5.91 Å². The molecule has 0 aliphatic carbocycles. The zero-order valence-corrected chi connectivity index (χ0v) is 10.1. The molecule has 0 saturated heterocycles. The Morgan fingerprint density at radius 3 is 2.65 bits per heavy atom. The van der Waals surface area contributed by atoms with Crippen molar-refractivity contribution in [2.45, 2.75) is 12.8 Å². The quantitative estimate of drug-likeness (QED) is 0.839. The molecule has 0 bridgehead atoms. The molecule has 92 valence electrons. The predicted molar refractivity (Wildman–Crippen MR) is 65.1 cm³/mol.